The van der Waals surface area contributed by atoms with Crippen molar-refractivity contribution in [1.29, 1.82) is 0 Å². The maximum atomic E-state index is 12.4. The fraction of sp³-hybridized carbons (Fsp3) is 0.125. The summed E-state index contributed by atoms with van der Waals surface area (Å²) in [4.78, 5) is 29.2. The van der Waals surface area contributed by atoms with Crippen LogP contribution in [0.2, 0.25) is 5.02 Å². The molecule has 1 heterocycles. The number of thiazole rings is 1. The fourth-order valence-corrected chi connectivity index (χ4v) is 5.03. The Morgan fingerprint density at radius 2 is 1.82 bits per heavy atom. The van der Waals surface area contributed by atoms with Crippen LogP contribution in [0.25, 0.3) is 10.2 Å². The minimum absolute atomic E-state index is 0.0639. The molecule has 2 N–H and O–H groups in total. The Labute approximate surface area is 204 Å². The van der Waals surface area contributed by atoms with Crippen LogP contribution in [-0.2, 0) is 11.3 Å². The molecule has 0 spiro atoms. The summed E-state index contributed by atoms with van der Waals surface area (Å²) >= 11 is 8.75. The number of halogens is 1. The molecule has 9 heteroatoms. The Hall–Kier alpha value is -3.07. The van der Waals surface area contributed by atoms with Crippen LogP contribution in [-0.4, -0.2) is 29.7 Å². The zero-order valence-electron chi connectivity index (χ0n) is 17.6. The molecule has 4 aromatic rings. The zero-order valence-corrected chi connectivity index (χ0v) is 20.0. The number of anilines is 1. The van der Waals surface area contributed by atoms with Crippen LogP contribution in [0.15, 0.2) is 71.1 Å². The first-order chi connectivity index (χ1) is 16.0. The van der Waals surface area contributed by atoms with Gasteiger partial charge in [0.2, 0.25) is 5.91 Å². The first-order valence-electron chi connectivity index (χ1n) is 10.00. The monoisotopic (exact) mass is 497 g/mol. The molecule has 0 saturated heterocycles. The maximum absolute atomic E-state index is 12.4. The highest BCUT2D eigenvalue weighted by Crippen LogP contribution is 2.31. The normalized spacial score (nSPS) is 10.7. The Morgan fingerprint density at radius 1 is 1.06 bits per heavy atom. The number of ether oxygens (including phenoxy) is 1. The first-order valence-corrected chi connectivity index (χ1v) is 12.2. The number of carbonyl (C=O) groups is 2. The van der Waals surface area contributed by atoms with E-state index >= 15 is 0 Å². The van der Waals surface area contributed by atoms with Gasteiger partial charge in [-0.15, -0.1) is 11.3 Å². The molecular weight excluding hydrogens is 478 g/mol. The van der Waals surface area contributed by atoms with Crippen molar-refractivity contribution in [3.05, 3.63) is 82.9 Å². The topological polar surface area (TPSA) is 80.3 Å². The number of benzene rings is 3. The number of thioether (sulfide) groups is 1. The average molecular weight is 498 g/mol. The number of nitrogens with zero attached hydrogens (tertiary/aromatic N) is 1. The predicted octanol–water partition coefficient (Wildman–Crippen LogP) is 5.62. The second kappa shape index (κ2) is 10.7. The van der Waals surface area contributed by atoms with E-state index in [1.807, 2.05) is 42.5 Å². The highest BCUT2D eigenvalue weighted by atomic mass is 35.5. The lowest BCUT2D eigenvalue weighted by Gasteiger charge is -2.05. The van der Waals surface area contributed by atoms with Gasteiger partial charge in [0.05, 0.1) is 23.1 Å². The quantitative estimate of drug-likeness (QED) is 0.309. The molecule has 4 rings (SSSR count). The number of hydrogen-bond donors (Lipinski definition) is 2. The third-order valence-electron chi connectivity index (χ3n) is 4.71. The first kappa shape index (κ1) is 23.1. The van der Waals surface area contributed by atoms with Crippen LogP contribution in [0.3, 0.4) is 0 Å². The molecule has 33 heavy (non-hydrogen) atoms. The molecule has 0 aliphatic rings. The van der Waals surface area contributed by atoms with Gasteiger partial charge in [0, 0.05) is 22.8 Å². The van der Waals surface area contributed by atoms with Gasteiger partial charge in [0.15, 0.2) is 4.34 Å². The summed E-state index contributed by atoms with van der Waals surface area (Å²) in [5.74, 6) is 0.782. The van der Waals surface area contributed by atoms with Gasteiger partial charge in [0.1, 0.15) is 5.75 Å². The summed E-state index contributed by atoms with van der Waals surface area (Å²) < 4.78 is 6.87. The molecule has 0 radical (unpaired) electrons. The molecular formula is C24H20ClN3O3S2. The third-order valence-corrected chi connectivity index (χ3v) is 7.12. The fourth-order valence-electron chi connectivity index (χ4n) is 2.97. The number of methoxy groups -OCH3 is 1. The van der Waals surface area contributed by atoms with Crippen molar-refractivity contribution in [2.75, 3.05) is 18.2 Å². The second-order valence-corrected chi connectivity index (χ2v) is 9.73. The molecule has 0 saturated carbocycles. The van der Waals surface area contributed by atoms with Crippen molar-refractivity contribution >= 4 is 62.4 Å². The Kier molecular flexibility index (Phi) is 7.49. The lowest BCUT2D eigenvalue weighted by molar-refractivity contribution is -0.118. The van der Waals surface area contributed by atoms with Crippen molar-refractivity contribution in [1.82, 2.24) is 10.3 Å². The van der Waals surface area contributed by atoms with Crippen LogP contribution in [0.5, 0.6) is 5.75 Å². The second-order valence-electron chi connectivity index (χ2n) is 7.04. The Bertz CT molecular complexity index is 1270. The van der Waals surface area contributed by atoms with E-state index in [0.29, 0.717) is 22.8 Å². The molecule has 6 nitrogen and oxygen atoms in total. The Balaban J connectivity index is 1.31. The number of aromatic nitrogens is 1. The predicted molar refractivity (Wildman–Crippen MR) is 135 cm³/mol. The van der Waals surface area contributed by atoms with E-state index in [2.05, 4.69) is 15.6 Å². The third kappa shape index (κ3) is 6.25. The van der Waals surface area contributed by atoms with E-state index in [9.17, 15) is 9.59 Å². The summed E-state index contributed by atoms with van der Waals surface area (Å²) in [5.41, 5.74) is 3.04. The van der Waals surface area contributed by atoms with Gasteiger partial charge in [-0.2, -0.15) is 0 Å². The minimum Gasteiger partial charge on any atom is -0.497 e. The van der Waals surface area contributed by atoms with Crippen molar-refractivity contribution in [3.8, 4) is 5.75 Å². The number of fused-ring (bicyclic) bond motifs is 1. The van der Waals surface area contributed by atoms with Crippen molar-refractivity contribution in [3.63, 3.8) is 0 Å². The minimum atomic E-state index is -0.210. The lowest BCUT2D eigenvalue weighted by Crippen LogP contribution is -2.24. The standard InChI is InChI=1S/C24H20ClN3O3S2/c1-31-19-9-2-15(3-10-19)13-26-22(29)14-32-24-28-20-11-8-18(12-21(20)33-24)27-23(30)16-4-6-17(25)7-5-16/h2-12H,13-14H2,1H3,(H,26,29)(H,27,30). The van der Waals surface area contributed by atoms with Gasteiger partial charge in [-0.3, -0.25) is 9.59 Å². The lowest BCUT2D eigenvalue weighted by atomic mass is 10.2. The van der Waals surface area contributed by atoms with Crippen LogP contribution in [0, 0.1) is 0 Å². The molecule has 0 unspecified atom stereocenters. The van der Waals surface area contributed by atoms with E-state index in [-0.39, 0.29) is 17.6 Å². The van der Waals surface area contributed by atoms with Gasteiger partial charge in [0.25, 0.3) is 5.91 Å². The summed E-state index contributed by atoms with van der Waals surface area (Å²) in [5, 5.41) is 6.38. The zero-order chi connectivity index (χ0) is 23.2. The number of nitrogens with one attached hydrogen (secondary N) is 2. The number of hydrogen-bond acceptors (Lipinski definition) is 6. The van der Waals surface area contributed by atoms with Crippen LogP contribution in [0.1, 0.15) is 15.9 Å². The summed E-state index contributed by atoms with van der Waals surface area (Å²) in [6.07, 6.45) is 0. The van der Waals surface area contributed by atoms with Gasteiger partial charge in [-0.05, 0) is 60.2 Å². The van der Waals surface area contributed by atoms with Gasteiger partial charge >= 0.3 is 0 Å². The largest absolute Gasteiger partial charge is 0.497 e. The summed E-state index contributed by atoms with van der Waals surface area (Å²) in [7, 11) is 1.62. The van der Waals surface area contributed by atoms with Gasteiger partial charge in [-0.25, -0.2) is 4.98 Å². The van der Waals surface area contributed by atoms with E-state index < -0.39 is 0 Å². The molecule has 3 aromatic carbocycles. The maximum Gasteiger partial charge on any atom is 0.255 e. The molecule has 2 amide bonds. The SMILES string of the molecule is COc1ccc(CNC(=O)CSc2nc3ccc(NC(=O)c4ccc(Cl)cc4)cc3s2)cc1. The number of amides is 2. The van der Waals surface area contributed by atoms with E-state index in [4.69, 9.17) is 16.3 Å². The van der Waals surface area contributed by atoms with Gasteiger partial charge in [-0.1, -0.05) is 35.5 Å². The number of carbonyl (C=O) groups excluding carboxylic acids is 2. The summed E-state index contributed by atoms with van der Waals surface area (Å²) in [6.45, 7) is 0.458. The molecule has 0 aliphatic heterocycles. The molecule has 1 aromatic heterocycles. The van der Waals surface area contributed by atoms with E-state index in [1.165, 1.54) is 23.1 Å². The van der Waals surface area contributed by atoms with Crippen molar-refractivity contribution in [2.45, 2.75) is 10.9 Å². The van der Waals surface area contributed by atoms with Crippen LogP contribution >= 0.6 is 34.7 Å². The van der Waals surface area contributed by atoms with Crippen LogP contribution < -0.4 is 15.4 Å². The van der Waals surface area contributed by atoms with Crippen LogP contribution in [0.4, 0.5) is 5.69 Å². The molecule has 0 bridgehead atoms. The van der Waals surface area contributed by atoms with E-state index in [1.54, 1.807) is 31.4 Å². The van der Waals surface area contributed by atoms with E-state index in [0.717, 1.165) is 25.9 Å². The van der Waals surface area contributed by atoms with Gasteiger partial charge < -0.3 is 15.4 Å². The molecule has 0 atom stereocenters. The molecule has 0 fully saturated rings. The summed E-state index contributed by atoms with van der Waals surface area (Å²) in [6, 6.07) is 19.8. The smallest absolute Gasteiger partial charge is 0.255 e. The molecule has 0 aliphatic carbocycles. The molecule has 168 valence electrons. The highest BCUT2D eigenvalue weighted by molar-refractivity contribution is 8.01. The average Bonchev–Trinajstić information content (AvgIpc) is 3.24. The van der Waals surface area contributed by atoms with Crippen molar-refractivity contribution < 1.29 is 14.3 Å². The van der Waals surface area contributed by atoms with Crippen molar-refractivity contribution in [2.24, 2.45) is 0 Å². The number of rotatable bonds is 8. The Morgan fingerprint density at radius 3 is 2.55 bits per heavy atom. The highest BCUT2D eigenvalue weighted by Gasteiger charge is 2.11.